The molecule has 0 aliphatic heterocycles. The standard InChI is InChI=1S/C19H21N3O3/c1-2-25-17-6-4-3-5-15(17)9-12-18(23)21-13-14-7-10-16(11-8-14)22-19(20)24/h3-12H,2,13H2,1H3,(H,21,23)(H3,20,22,24)/b12-9+. The number of amides is 3. The molecule has 25 heavy (non-hydrogen) atoms. The van der Waals surface area contributed by atoms with Crippen LogP contribution in [-0.4, -0.2) is 18.5 Å². The van der Waals surface area contributed by atoms with Gasteiger partial charge in [-0.1, -0.05) is 30.3 Å². The quantitative estimate of drug-likeness (QED) is 0.677. The van der Waals surface area contributed by atoms with E-state index in [0.29, 0.717) is 18.8 Å². The van der Waals surface area contributed by atoms with Crippen molar-refractivity contribution in [2.24, 2.45) is 5.73 Å². The molecule has 0 aromatic heterocycles. The van der Waals surface area contributed by atoms with Crippen molar-refractivity contribution >= 4 is 23.7 Å². The lowest BCUT2D eigenvalue weighted by Gasteiger charge is -2.07. The van der Waals surface area contributed by atoms with Crippen molar-refractivity contribution in [3.05, 3.63) is 65.7 Å². The highest BCUT2D eigenvalue weighted by Gasteiger charge is 2.01. The summed E-state index contributed by atoms with van der Waals surface area (Å²) < 4.78 is 5.52. The molecule has 0 fully saturated rings. The lowest BCUT2D eigenvalue weighted by Crippen LogP contribution is -2.20. The van der Waals surface area contributed by atoms with Crippen LogP contribution >= 0.6 is 0 Å². The Kier molecular flexibility index (Phi) is 6.59. The lowest BCUT2D eigenvalue weighted by atomic mass is 10.2. The van der Waals surface area contributed by atoms with Gasteiger partial charge in [0.1, 0.15) is 5.75 Å². The third kappa shape index (κ3) is 6.02. The maximum absolute atomic E-state index is 12.0. The SMILES string of the molecule is CCOc1ccccc1/C=C/C(=O)NCc1ccc(NC(N)=O)cc1. The summed E-state index contributed by atoms with van der Waals surface area (Å²) in [5.74, 6) is 0.539. The van der Waals surface area contributed by atoms with Gasteiger partial charge < -0.3 is 21.1 Å². The number of anilines is 1. The number of ether oxygens (including phenoxy) is 1. The molecule has 0 spiro atoms. The molecule has 6 heteroatoms. The van der Waals surface area contributed by atoms with Gasteiger partial charge in [-0.3, -0.25) is 4.79 Å². The second kappa shape index (κ2) is 9.12. The van der Waals surface area contributed by atoms with E-state index in [9.17, 15) is 9.59 Å². The fourth-order valence-corrected chi connectivity index (χ4v) is 2.17. The summed E-state index contributed by atoms with van der Waals surface area (Å²) >= 11 is 0. The summed E-state index contributed by atoms with van der Waals surface area (Å²) in [6.07, 6.45) is 3.20. The van der Waals surface area contributed by atoms with E-state index in [1.807, 2.05) is 31.2 Å². The topological polar surface area (TPSA) is 93.4 Å². The first-order valence-electron chi connectivity index (χ1n) is 7.91. The van der Waals surface area contributed by atoms with Gasteiger partial charge in [0.2, 0.25) is 5.91 Å². The number of hydrogen-bond acceptors (Lipinski definition) is 3. The number of hydrogen-bond donors (Lipinski definition) is 3. The van der Waals surface area contributed by atoms with E-state index in [1.165, 1.54) is 6.08 Å². The molecule has 2 aromatic carbocycles. The van der Waals surface area contributed by atoms with Crippen molar-refractivity contribution in [2.45, 2.75) is 13.5 Å². The predicted molar refractivity (Wildman–Crippen MR) is 98.1 cm³/mol. The Balaban J connectivity index is 1.89. The van der Waals surface area contributed by atoms with Crippen molar-refractivity contribution < 1.29 is 14.3 Å². The Labute approximate surface area is 146 Å². The van der Waals surface area contributed by atoms with Gasteiger partial charge in [0.25, 0.3) is 0 Å². The van der Waals surface area contributed by atoms with E-state index in [0.717, 1.165) is 16.9 Å². The molecule has 2 aromatic rings. The van der Waals surface area contributed by atoms with Gasteiger partial charge in [-0.2, -0.15) is 0 Å². The minimum atomic E-state index is -0.612. The molecule has 0 radical (unpaired) electrons. The zero-order valence-corrected chi connectivity index (χ0v) is 14.0. The maximum Gasteiger partial charge on any atom is 0.316 e. The second-order valence-electron chi connectivity index (χ2n) is 5.21. The lowest BCUT2D eigenvalue weighted by molar-refractivity contribution is -0.116. The van der Waals surface area contributed by atoms with Crippen molar-refractivity contribution in [1.82, 2.24) is 5.32 Å². The zero-order valence-electron chi connectivity index (χ0n) is 14.0. The summed E-state index contributed by atoms with van der Waals surface area (Å²) in [4.78, 5) is 22.7. The maximum atomic E-state index is 12.0. The molecular weight excluding hydrogens is 318 g/mol. The number of carbonyl (C=O) groups excluding carboxylic acids is 2. The molecule has 0 atom stereocenters. The van der Waals surface area contributed by atoms with Crippen molar-refractivity contribution in [3.8, 4) is 5.75 Å². The highest BCUT2D eigenvalue weighted by Crippen LogP contribution is 2.19. The first-order valence-corrected chi connectivity index (χ1v) is 7.91. The fraction of sp³-hybridized carbons (Fsp3) is 0.158. The van der Waals surface area contributed by atoms with Crippen LogP contribution in [0.3, 0.4) is 0 Å². The molecular formula is C19H21N3O3. The first-order chi connectivity index (χ1) is 12.1. The summed E-state index contributed by atoms with van der Waals surface area (Å²) in [5.41, 5.74) is 7.41. The van der Waals surface area contributed by atoms with Gasteiger partial charge in [0.15, 0.2) is 0 Å². The van der Waals surface area contributed by atoms with Crippen LogP contribution < -0.4 is 21.1 Å². The Morgan fingerprint density at radius 3 is 2.52 bits per heavy atom. The third-order valence-electron chi connectivity index (χ3n) is 3.32. The molecule has 0 saturated heterocycles. The average Bonchev–Trinajstić information content (AvgIpc) is 2.60. The number of primary amides is 1. The fourth-order valence-electron chi connectivity index (χ4n) is 2.17. The molecule has 0 heterocycles. The molecule has 3 amide bonds. The second-order valence-corrected chi connectivity index (χ2v) is 5.21. The molecule has 0 aliphatic carbocycles. The Hall–Kier alpha value is -3.28. The monoisotopic (exact) mass is 339 g/mol. The Morgan fingerprint density at radius 1 is 1.12 bits per heavy atom. The Bertz CT molecular complexity index is 755. The van der Waals surface area contributed by atoms with E-state index in [1.54, 1.807) is 30.3 Å². The number of rotatable bonds is 7. The minimum absolute atomic E-state index is 0.203. The molecule has 2 rings (SSSR count). The van der Waals surface area contributed by atoms with E-state index < -0.39 is 6.03 Å². The number of carbonyl (C=O) groups is 2. The van der Waals surface area contributed by atoms with Crippen LogP contribution in [0, 0.1) is 0 Å². The van der Waals surface area contributed by atoms with Gasteiger partial charge >= 0.3 is 6.03 Å². The number of para-hydroxylation sites is 1. The molecule has 0 saturated carbocycles. The molecule has 4 N–H and O–H groups in total. The molecule has 6 nitrogen and oxygen atoms in total. The minimum Gasteiger partial charge on any atom is -0.493 e. The van der Waals surface area contributed by atoms with Crippen molar-refractivity contribution in [2.75, 3.05) is 11.9 Å². The highest BCUT2D eigenvalue weighted by atomic mass is 16.5. The third-order valence-corrected chi connectivity index (χ3v) is 3.32. The van der Waals surface area contributed by atoms with Crippen molar-refractivity contribution in [1.29, 1.82) is 0 Å². The molecule has 130 valence electrons. The van der Waals surface area contributed by atoms with Gasteiger partial charge in [-0.05, 0) is 36.8 Å². The first kappa shape index (κ1) is 18.1. The number of nitrogens with two attached hydrogens (primary N) is 1. The van der Waals surface area contributed by atoms with E-state index in [-0.39, 0.29) is 5.91 Å². The summed E-state index contributed by atoms with van der Waals surface area (Å²) in [5, 5.41) is 5.28. The molecule has 0 aliphatic rings. The number of nitrogens with one attached hydrogen (secondary N) is 2. The largest absolute Gasteiger partial charge is 0.493 e. The Morgan fingerprint density at radius 2 is 1.84 bits per heavy atom. The number of urea groups is 1. The zero-order chi connectivity index (χ0) is 18.1. The van der Waals surface area contributed by atoms with Crippen LogP contribution in [0.1, 0.15) is 18.1 Å². The van der Waals surface area contributed by atoms with E-state index in [2.05, 4.69) is 10.6 Å². The molecule has 0 bridgehead atoms. The van der Waals surface area contributed by atoms with Gasteiger partial charge in [-0.15, -0.1) is 0 Å². The van der Waals surface area contributed by atoms with Crippen LogP contribution in [0.15, 0.2) is 54.6 Å². The van der Waals surface area contributed by atoms with E-state index in [4.69, 9.17) is 10.5 Å². The van der Waals surface area contributed by atoms with Gasteiger partial charge in [0, 0.05) is 23.9 Å². The van der Waals surface area contributed by atoms with Gasteiger partial charge in [-0.25, -0.2) is 4.79 Å². The number of benzene rings is 2. The smallest absolute Gasteiger partial charge is 0.316 e. The summed E-state index contributed by atoms with van der Waals surface area (Å²) in [6, 6.07) is 14.0. The average molecular weight is 339 g/mol. The van der Waals surface area contributed by atoms with E-state index >= 15 is 0 Å². The van der Waals surface area contributed by atoms with Crippen LogP contribution in [0.4, 0.5) is 10.5 Å². The van der Waals surface area contributed by atoms with Crippen LogP contribution in [0.25, 0.3) is 6.08 Å². The van der Waals surface area contributed by atoms with Crippen LogP contribution in [0.5, 0.6) is 5.75 Å². The van der Waals surface area contributed by atoms with Crippen molar-refractivity contribution in [3.63, 3.8) is 0 Å². The van der Waals surface area contributed by atoms with Crippen LogP contribution in [-0.2, 0) is 11.3 Å². The molecule has 0 unspecified atom stereocenters. The highest BCUT2D eigenvalue weighted by molar-refractivity contribution is 5.92. The van der Waals surface area contributed by atoms with Gasteiger partial charge in [0.05, 0.1) is 6.61 Å². The van der Waals surface area contributed by atoms with Crippen LogP contribution in [0.2, 0.25) is 0 Å². The summed E-state index contributed by atoms with van der Waals surface area (Å²) in [6.45, 7) is 2.86. The normalized spacial score (nSPS) is 10.4. The predicted octanol–water partition coefficient (Wildman–Crippen LogP) is 2.91. The summed E-state index contributed by atoms with van der Waals surface area (Å²) in [7, 11) is 0.